The fraction of sp³-hybridized carbons (Fsp3) is 0.0870. The molecule has 0 heterocycles. The van der Waals surface area contributed by atoms with Gasteiger partial charge in [-0.05, 0) is 53.6 Å². The van der Waals surface area contributed by atoms with Crippen LogP contribution in [-0.2, 0) is 11.2 Å². The Morgan fingerprint density at radius 3 is 2.43 bits per heavy atom. The first-order chi connectivity index (χ1) is 14.5. The SMILES string of the molecule is COc1cc(C=NNC(=O)Cc2ccccc2)ccc1OC(=O)c1ccc(Br)cc1. The molecule has 0 aromatic heterocycles. The van der Waals surface area contributed by atoms with Crippen molar-refractivity contribution >= 4 is 34.0 Å². The molecule has 0 spiro atoms. The van der Waals surface area contributed by atoms with Crippen LogP contribution < -0.4 is 14.9 Å². The lowest BCUT2D eigenvalue weighted by Crippen LogP contribution is -2.19. The van der Waals surface area contributed by atoms with Crippen LogP contribution >= 0.6 is 15.9 Å². The van der Waals surface area contributed by atoms with E-state index >= 15 is 0 Å². The van der Waals surface area contributed by atoms with Gasteiger partial charge in [0.25, 0.3) is 0 Å². The van der Waals surface area contributed by atoms with Crippen LogP contribution in [0.25, 0.3) is 0 Å². The van der Waals surface area contributed by atoms with E-state index in [1.807, 2.05) is 30.3 Å². The molecule has 0 aliphatic rings. The average molecular weight is 467 g/mol. The number of nitrogens with zero attached hydrogens (tertiary/aromatic N) is 1. The summed E-state index contributed by atoms with van der Waals surface area (Å²) in [6, 6.07) is 21.2. The monoisotopic (exact) mass is 466 g/mol. The Morgan fingerprint density at radius 1 is 1.00 bits per heavy atom. The summed E-state index contributed by atoms with van der Waals surface area (Å²) < 4.78 is 11.6. The maximum atomic E-state index is 12.3. The number of benzene rings is 3. The van der Waals surface area contributed by atoms with Crippen molar-refractivity contribution in [3.63, 3.8) is 0 Å². The number of hydrazone groups is 1. The molecular weight excluding hydrogens is 448 g/mol. The van der Waals surface area contributed by atoms with Crippen molar-refractivity contribution in [3.05, 3.63) is 94.0 Å². The molecule has 0 bridgehead atoms. The van der Waals surface area contributed by atoms with Crippen molar-refractivity contribution in [1.82, 2.24) is 5.43 Å². The number of carbonyl (C=O) groups is 2. The largest absolute Gasteiger partial charge is 0.493 e. The van der Waals surface area contributed by atoms with Crippen LogP contribution in [0.15, 0.2) is 82.4 Å². The Balaban J connectivity index is 1.62. The van der Waals surface area contributed by atoms with Crippen molar-refractivity contribution in [1.29, 1.82) is 0 Å². The maximum Gasteiger partial charge on any atom is 0.343 e. The van der Waals surface area contributed by atoms with Crippen LogP contribution in [0.1, 0.15) is 21.5 Å². The number of ether oxygens (including phenoxy) is 2. The zero-order valence-electron chi connectivity index (χ0n) is 16.2. The summed E-state index contributed by atoms with van der Waals surface area (Å²) in [5.41, 5.74) is 4.50. The van der Waals surface area contributed by atoms with E-state index in [0.29, 0.717) is 16.9 Å². The molecule has 1 N–H and O–H groups in total. The molecule has 6 nitrogen and oxygen atoms in total. The first kappa shape index (κ1) is 21.3. The van der Waals surface area contributed by atoms with Gasteiger partial charge in [0.15, 0.2) is 11.5 Å². The molecule has 0 radical (unpaired) electrons. The number of esters is 1. The molecule has 0 saturated heterocycles. The van der Waals surface area contributed by atoms with Gasteiger partial charge in [0.1, 0.15) is 0 Å². The number of nitrogens with one attached hydrogen (secondary N) is 1. The third-order valence-corrected chi connectivity index (χ3v) is 4.61. The van der Waals surface area contributed by atoms with E-state index in [-0.39, 0.29) is 18.1 Å². The van der Waals surface area contributed by atoms with E-state index in [0.717, 1.165) is 10.0 Å². The Morgan fingerprint density at radius 2 is 1.73 bits per heavy atom. The lowest BCUT2D eigenvalue weighted by Gasteiger charge is -2.10. The van der Waals surface area contributed by atoms with Gasteiger partial charge < -0.3 is 9.47 Å². The summed E-state index contributed by atoms with van der Waals surface area (Å²) in [6.45, 7) is 0. The zero-order chi connectivity index (χ0) is 21.3. The van der Waals surface area contributed by atoms with E-state index in [4.69, 9.17) is 9.47 Å². The van der Waals surface area contributed by atoms with Gasteiger partial charge in [-0.3, -0.25) is 4.79 Å². The van der Waals surface area contributed by atoms with Crippen molar-refractivity contribution in [2.75, 3.05) is 7.11 Å². The third kappa shape index (κ3) is 6.02. The third-order valence-electron chi connectivity index (χ3n) is 4.08. The summed E-state index contributed by atoms with van der Waals surface area (Å²) in [7, 11) is 1.48. The fourth-order valence-electron chi connectivity index (χ4n) is 2.59. The number of methoxy groups -OCH3 is 1. The molecule has 3 aromatic rings. The lowest BCUT2D eigenvalue weighted by molar-refractivity contribution is -0.120. The molecular formula is C23H19BrN2O4. The van der Waals surface area contributed by atoms with Gasteiger partial charge in [0.2, 0.25) is 5.91 Å². The second kappa shape index (κ2) is 10.4. The average Bonchev–Trinajstić information content (AvgIpc) is 2.75. The fourth-order valence-corrected chi connectivity index (χ4v) is 2.86. The minimum absolute atomic E-state index is 0.218. The number of amides is 1. The predicted octanol–water partition coefficient (Wildman–Crippen LogP) is 4.37. The quantitative estimate of drug-likeness (QED) is 0.242. The van der Waals surface area contributed by atoms with Crippen LogP contribution in [0.2, 0.25) is 0 Å². The van der Waals surface area contributed by atoms with Crippen LogP contribution in [-0.4, -0.2) is 25.2 Å². The van der Waals surface area contributed by atoms with Gasteiger partial charge in [-0.1, -0.05) is 46.3 Å². The van der Waals surface area contributed by atoms with Gasteiger partial charge in [0, 0.05) is 4.47 Å². The van der Waals surface area contributed by atoms with E-state index in [1.54, 1.807) is 42.5 Å². The van der Waals surface area contributed by atoms with Gasteiger partial charge in [0.05, 0.1) is 25.3 Å². The van der Waals surface area contributed by atoms with Gasteiger partial charge in [-0.15, -0.1) is 0 Å². The molecule has 152 valence electrons. The molecule has 1 amide bonds. The smallest absolute Gasteiger partial charge is 0.343 e. The normalized spacial score (nSPS) is 10.6. The number of rotatable bonds is 7. The minimum atomic E-state index is -0.490. The topological polar surface area (TPSA) is 77.0 Å². The van der Waals surface area contributed by atoms with Crippen molar-refractivity contribution < 1.29 is 19.1 Å². The molecule has 0 aliphatic carbocycles. The first-order valence-electron chi connectivity index (χ1n) is 9.07. The Kier molecular flexibility index (Phi) is 7.34. The summed E-state index contributed by atoms with van der Waals surface area (Å²) in [6.07, 6.45) is 1.73. The number of carbonyl (C=O) groups excluding carboxylic acids is 2. The molecule has 30 heavy (non-hydrogen) atoms. The van der Waals surface area contributed by atoms with E-state index in [2.05, 4.69) is 26.5 Å². The molecule has 0 atom stereocenters. The van der Waals surface area contributed by atoms with Crippen LogP contribution in [0.3, 0.4) is 0 Å². The Bertz CT molecular complexity index is 1050. The molecule has 0 saturated carbocycles. The minimum Gasteiger partial charge on any atom is -0.493 e. The molecule has 0 aliphatic heterocycles. The molecule has 0 unspecified atom stereocenters. The van der Waals surface area contributed by atoms with E-state index in [1.165, 1.54) is 13.3 Å². The highest BCUT2D eigenvalue weighted by Crippen LogP contribution is 2.28. The van der Waals surface area contributed by atoms with Crippen LogP contribution in [0, 0.1) is 0 Å². The first-order valence-corrected chi connectivity index (χ1v) is 9.86. The lowest BCUT2D eigenvalue weighted by atomic mass is 10.1. The number of hydrogen-bond acceptors (Lipinski definition) is 5. The molecule has 3 aromatic carbocycles. The highest BCUT2D eigenvalue weighted by Gasteiger charge is 2.13. The number of halogens is 1. The van der Waals surface area contributed by atoms with Gasteiger partial charge >= 0.3 is 5.97 Å². The second-order valence-corrected chi connectivity index (χ2v) is 7.18. The summed E-state index contributed by atoms with van der Waals surface area (Å²) >= 11 is 3.33. The molecule has 7 heteroatoms. The summed E-state index contributed by atoms with van der Waals surface area (Å²) in [4.78, 5) is 24.3. The van der Waals surface area contributed by atoms with Crippen LogP contribution in [0.5, 0.6) is 11.5 Å². The van der Waals surface area contributed by atoms with E-state index in [9.17, 15) is 9.59 Å². The zero-order valence-corrected chi connectivity index (χ0v) is 17.8. The Hall–Kier alpha value is -3.45. The van der Waals surface area contributed by atoms with Gasteiger partial charge in [-0.2, -0.15) is 5.10 Å². The highest BCUT2D eigenvalue weighted by atomic mass is 79.9. The van der Waals surface area contributed by atoms with E-state index < -0.39 is 5.97 Å². The predicted molar refractivity (Wildman–Crippen MR) is 118 cm³/mol. The molecule has 3 rings (SSSR count). The summed E-state index contributed by atoms with van der Waals surface area (Å²) in [5.74, 6) is -0.0458. The van der Waals surface area contributed by atoms with Crippen LogP contribution in [0.4, 0.5) is 0 Å². The van der Waals surface area contributed by atoms with Crippen molar-refractivity contribution in [2.45, 2.75) is 6.42 Å². The second-order valence-electron chi connectivity index (χ2n) is 6.26. The Labute approximate surface area is 182 Å². The maximum absolute atomic E-state index is 12.3. The highest BCUT2D eigenvalue weighted by molar-refractivity contribution is 9.10. The summed E-state index contributed by atoms with van der Waals surface area (Å²) in [5, 5.41) is 3.97. The van der Waals surface area contributed by atoms with Crippen molar-refractivity contribution in [2.24, 2.45) is 5.10 Å². The van der Waals surface area contributed by atoms with Gasteiger partial charge in [-0.25, -0.2) is 10.2 Å². The van der Waals surface area contributed by atoms with Crippen molar-refractivity contribution in [3.8, 4) is 11.5 Å². The molecule has 0 fully saturated rings. The standard InChI is InChI=1S/C23H19BrN2O4/c1-29-21-13-17(15-25-26-22(27)14-16-5-3-2-4-6-16)7-12-20(21)30-23(28)18-8-10-19(24)11-9-18/h2-13,15H,14H2,1H3,(H,26,27). The number of hydrogen-bond donors (Lipinski definition) is 1.